The average Bonchev–Trinajstić information content (AvgIpc) is 2.44. The summed E-state index contributed by atoms with van der Waals surface area (Å²) in [7, 11) is 1.42. The lowest BCUT2D eigenvalue weighted by Crippen LogP contribution is -2.33. The molecule has 1 saturated heterocycles. The highest BCUT2D eigenvalue weighted by atomic mass is 16.5. The zero-order valence-corrected chi connectivity index (χ0v) is 8.75. The van der Waals surface area contributed by atoms with Crippen molar-refractivity contribution in [2.45, 2.75) is 25.7 Å². The third-order valence-electron chi connectivity index (χ3n) is 2.95. The third kappa shape index (κ3) is 2.96. The smallest absolute Gasteiger partial charge is 0.306 e. The van der Waals surface area contributed by atoms with Crippen LogP contribution < -0.4 is 5.73 Å². The van der Waals surface area contributed by atoms with Gasteiger partial charge in [-0.05, 0) is 31.2 Å². The van der Waals surface area contributed by atoms with E-state index < -0.39 is 0 Å². The van der Waals surface area contributed by atoms with Crippen molar-refractivity contribution >= 4 is 5.97 Å². The van der Waals surface area contributed by atoms with Gasteiger partial charge in [0.1, 0.15) is 0 Å². The molecule has 1 rings (SSSR count). The Morgan fingerprint density at radius 1 is 1.50 bits per heavy atom. The Bertz CT molecular complexity index is 186. The van der Waals surface area contributed by atoms with Crippen molar-refractivity contribution in [1.82, 2.24) is 0 Å². The van der Waals surface area contributed by atoms with Crippen LogP contribution >= 0.6 is 0 Å². The SMILES string of the molecule is COC(=O)CC1(CN)CCCOCC1. The van der Waals surface area contributed by atoms with Gasteiger partial charge in [-0.25, -0.2) is 0 Å². The summed E-state index contributed by atoms with van der Waals surface area (Å²) in [4.78, 5) is 11.2. The lowest BCUT2D eigenvalue weighted by atomic mass is 9.78. The van der Waals surface area contributed by atoms with Crippen LogP contribution in [0.4, 0.5) is 0 Å². The van der Waals surface area contributed by atoms with Gasteiger partial charge in [0.15, 0.2) is 0 Å². The Hall–Kier alpha value is -0.610. The number of hydrogen-bond donors (Lipinski definition) is 1. The van der Waals surface area contributed by atoms with Crippen molar-refractivity contribution in [3.05, 3.63) is 0 Å². The molecule has 0 aliphatic carbocycles. The van der Waals surface area contributed by atoms with Crippen LogP contribution in [0.2, 0.25) is 0 Å². The first kappa shape index (κ1) is 11.5. The largest absolute Gasteiger partial charge is 0.469 e. The quantitative estimate of drug-likeness (QED) is 0.683. The molecule has 14 heavy (non-hydrogen) atoms. The number of esters is 1. The molecule has 0 aromatic carbocycles. The number of ether oxygens (including phenoxy) is 2. The molecule has 0 spiro atoms. The predicted molar refractivity (Wildman–Crippen MR) is 52.8 cm³/mol. The van der Waals surface area contributed by atoms with Crippen LogP contribution in [-0.4, -0.2) is 32.8 Å². The van der Waals surface area contributed by atoms with Crippen molar-refractivity contribution in [3.8, 4) is 0 Å². The summed E-state index contributed by atoms with van der Waals surface area (Å²) in [5, 5.41) is 0. The van der Waals surface area contributed by atoms with Gasteiger partial charge in [0.05, 0.1) is 13.5 Å². The van der Waals surface area contributed by atoms with E-state index in [2.05, 4.69) is 4.74 Å². The average molecular weight is 201 g/mol. The summed E-state index contributed by atoms with van der Waals surface area (Å²) in [6.45, 7) is 2.02. The monoisotopic (exact) mass is 201 g/mol. The molecule has 0 radical (unpaired) electrons. The Morgan fingerprint density at radius 3 is 2.93 bits per heavy atom. The second-order valence-corrected chi connectivity index (χ2v) is 3.92. The van der Waals surface area contributed by atoms with E-state index in [0.717, 1.165) is 25.9 Å². The standard InChI is InChI=1S/C10H19NO3/c1-13-9(12)7-10(8-11)3-2-5-14-6-4-10/h2-8,11H2,1H3. The van der Waals surface area contributed by atoms with E-state index in [9.17, 15) is 4.79 Å². The van der Waals surface area contributed by atoms with Gasteiger partial charge < -0.3 is 15.2 Å². The topological polar surface area (TPSA) is 61.5 Å². The molecule has 1 heterocycles. The molecule has 0 saturated carbocycles. The van der Waals surface area contributed by atoms with E-state index >= 15 is 0 Å². The van der Waals surface area contributed by atoms with Gasteiger partial charge in [0, 0.05) is 13.2 Å². The molecule has 1 unspecified atom stereocenters. The molecule has 0 amide bonds. The molecular weight excluding hydrogens is 182 g/mol. The highest BCUT2D eigenvalue weighted by Gasteiger charge is 2.32. The number of carbonyl (C=O) groups is 1. The summed E-state index contributed by atoms with van der Waals surface area (Å²) < 4.78 is 10.0. The van der Waals surface area contributed by atoms with Gasteiger partial charge in [0.2, 0.25) is 0 Å². The van der Waals surface area contributed by atoms with Crippen LogP contribution in [0.5, 0.6) is 0 Å². The Morgan fingerprint density at radius 2 is 2.29 bits per heavy atom. The molecule has 82 valence electrons. The molecule has 1 aliphatic heterocycles. The highest BCUT2D eigenvalue weighted by Crippen LogP contribution is 2.33. The second-order valence-electron chi connectivity index (χ2n) is 3.92. The lowest BCUT2D eigenvalue weighted by Gasteiger charge is -2.29. The zero-order valence-electron chi connectivity index (χ0n) is 8.75. The van der Waals surface area contributed by atoms with Crippen LogP contribution in [0.1, 0.15) is 25.7 Å². The molecule has 0 bridgehead atoms. The van der Waals surface area contributed by atoms with Crippen molar-refractivity contribution in [2.24, 2.45) is 11.1 Å². The summed E-state index contributed by atoms with van der Waals surface area (Å²) in [5.74, 6) is -0.169. The Labute approximate surface area is 84.7 Å². The van der Waals surface area contributed by atoms with Gasteiger partial charge in [-0.15, -0.1) is 0 Å². The minimum Gasteiger partial charge on any atom is -0.469 e. The van der Waals surface area contributed by atoms with Crippen LogP contribution in [0.15, 0.2) is 0 Å². The molecule has 0 aromatic heterocycles. The number of carbonyl (C=O) groups excluding carboxylic acids is 1. The fraction of sp³-hybridized carbons (Fsp3) is 0.900. The van der Waals surface area contributed by atoms with Gasteiger partial charge in [-0.3, -0.25) is 4.79 Å². The number of nitrogens with two attached hydrogens (primary N) is 1. The van der Waals surface area contributed by atoms with Gasteiger partial charge >= 0.3 is 5.97 Å². The van der Waals surface area contributed by atoms with Crippen molar-refractivity contribution < 1.29 is 14.3 Å². The van der Waals surface area contributed by atoms with Crippen molar-refractivity contribution in [3.63, 3.8) is 0 Å². The first-order valence-electron chi connectivity index (χ1n) is 5.07. The molecule has 4 nitrogen and oxygen atoms in total. The summed E-state index contributed by atoms with van der Waals surface area (Å²) in [6.07, 6.45) is 3.22. The minimum absolute atomic E-state index is 0.0937. The minimum atomic E-state index is -0.169. The maximum absolute atomic E-state index is 11.2. The second kappa shape index (κ2) is 5.32. The highest BCUT2D eigenvalue weighted by molar-refractivity contribution is 5.70. The van der Waals surface area contributed by atoms with Crippen molar-refractivity contribution in [2.75, 3.05) is 26.9 Å². The first-order chi connectivity index (χ1) is 6.72. The van der Waals surface area contributed by atoms with Gasteiger partial charge in [-0.2, -0.15) is 0 Å². The van der Waals surface area contributed by atoms with E-state index in [-0.39, 0.29) is 11.4 Å². The van der Waals surface area contributed by atoms with Crippen LogP contribution in [-0.2, 0) is 14.3 Å². The van der Waals surface area contributed by atoms with Crippen LogP contribution in [0.3, 0.4) is 0 Å². The number of rotatable bonds is 3. The zero-order chi connectivity index (χ0) is 10.4. The van der Waals surface area contributed by atoms with E-state index in [1.807, 2.05) is 0 Å². The number of hydrogen-bond acceptors (Lipinski definition) is 4. The molecule has 0 aromatic rings. The fourth-order valence-corrected chi connectivity index (χ4v) is 1.90. The Balaban J connectivity index is 2.57. The fourth-order valence-electron chi connectivity index (χ4n) is 1.90. The summed E-state index contributed by atoms with van der Waals surface area (Å²) >= 11 is 0. The van der Waals surface area contributed by atoms with Crippen LogP contribution in [0, 0.1) is 5.41 Å². The van der Waals surface area contributed by atoms with Gasteiger partial charge in [0.25, 0.3) is 0 Å². The molecule has 2 N–H and O–H groups in total. The van der Waals surface area contributed by atoms with E-state index in [4.69, 9.17) is 10.5 Å². The lowest BCUT2D eigenvalue weighted by molar-refractivity contribution is -0.143. The van der Waals surface area contributed by atoms with Crippen molar-refractivity contribution in [1.29, 1.82) is 0 Å². The normalized spacial score (nSPS) is 28.1. The van der Waals surface area contributed by atoms with E-state index in [1.165, 1.54) is 7.11 Å². The first-order valence-corrected chi connectivity index (χ1v) is 5.07. The molecule has 1 atom stereocenters. The summed E-state index contributed by atoms with van der Waals surface area (Å²) in [5.41, 5.74) is 5.65. The third-order valence-corrected chi connectivity index (χ3v) is 2.95. The van der Waals surface area contributed by atoms with Crippen LogP contribution in [0.25, 0.3) is 0 Å². The van der Waals surface area contributed by atoms with Gasteiger partial charge in [-0.1, -0.05) is 0 Å². The number of methoxy groups -OCH3 is 1. The maximum atomic E-state index is 11.2. The van der Waals surface area contributed by atoms with E-state index in [0.29, 0.717) is 19.6 Å². The maximum Gasteiger partial charge on any atom is 0.306 e. The molecule has 4 heteroatoms. The Kier molecular flexibility index (Phi) is 4.35. The predicted octanol–water partition coefficient (Wildman–Crippen LogP) is 0.695. The molecule has 1 aliphatic rings. The molecular formula is C10H19NO3. The molecule has 1 fully saturated rings. The summed E-state index contributed by atoms with van der Waals surface area (Å²) in [6, 6.07) is 0. The van der Waals surface area contributed by atoms with E-state index in [1.54, 1.807) is 0 Å².